The molecular formula is C14H14FN5O. The normalized spacial score (nSPS) is 14.8. The van der Waals surface area contributed by atoms with E-state index in [-0.39, 0.29) is 5.82 Å². The summed E-state index contributed by atoms with van der Waals surface area (Å²) in [4.78, 5) is 13.8. The summed E-state index contributed by atoms with van der Waals surface area (Å²) >= 11 is 0. The quantitative estimate of drug-likeness (QED) is 0.798. The number of rotatable bonds is 4. The van der Waals surface area contributed by atoms with Crippen LogP contribution in [0.5, 0.6) is 0 Å². The molecule has 21 heavy (non-hydrogen) atoms. The number of hydrogen-bond acceptors (Lipinski definition) is 5. The Morgan fingerprint density at radius 2 is 2.24 bits per heavy atom. The van der Waals surface area contributed by atoms with Gasteiger partial charge in [0.2, 0.25) is 5.89 Å². The van der Waals surface area contributed by atoms with Gasteiger partial charge >= 0.3 is 0 Å². The van der Waals surface area contributed by atoms with Crippen molar-refractivity contribution in [2.75, 3.05) is 11.9 Å². The molecule has 0 aliphatic heterocycles. The van der Waals surface area contributed by atoms with E-state index in [1.165, 1.54) is 12.1 Å². The predicted molar refractivity (Wildman–Crippen MR) is 74.4 cm³/mol. The first-order valence-corrected chi connectivity index (χ1v) is 6.88. The summed E-state index contributed by atoms with van der Waals surface area (Å²) in [6.07, 6.45) is 2.25. The van der Waals surface area contributed by atoms with Crippen molar-refractivity contribution in [2.45, 2.75) is 25.3 Å². The molecule has 108 valence electrons. The van der Waals surface area contributed by atoms with Crippen LogP contribution in [-0.2, 0) is 6.54 Å². The molecule has 0 spiro atoms. The number of nitrogens with zero attached hydrogens (tertiary/aromatic N) is 4. The van der Waals surface area contributed by atoms with Crippen molar-refractivity contribution in [2.24, 2.45) is 0 Å². The third kappa shape index (κ3) is 2.35. The standard InChI is InChI=1S/C14H14FN5O/c1-20(14-18-13(21-19-14)8-2-3-8)7-12-16-10-5-4-9(15)6-11(10)17-12/h4-6,8H,2-3,7H2,1H3,(H,16,17). The minimum atomic E-state index is -0.279. The second-order valence-electron chi connectivity index (χ2n) is 5.41. The van der Waals surface area contributed by atoms with Crippen LogP contribution in [0.4, 0.5) is 10.3 Å². The molecule has 1 saturated carbocycles. The van der Waals surface area contributed by atoms with Crippen molar-refractivity contribution in [1.82, 2.24) is 20.1 Å². The van der Waals surface area contributed by atoms with Crippen molar-refractivity contribution >= 4 is 17.0 Å². The average Bonchev–Trinajstić information content (AvgIpc) is 3.05. The lowest BCUT2D eigenvalue weighted by Crippen LogP contribution is -2.18. The fourth-order valence-electron chi connectivity index (χ4n) is 2.28. The van der Waals surface area contributed by atoms with Crippen molar-refractivity contribution in [3.8, 4) is 0 Å². The highest BCUT2D eigenvalue weighted by atomic mass is 19.1. The number of aromatic nitrogens is 4. The highest BCUT2D eigenvalue weighted by Crippen LogP contribution is 2.39. The largest absolute Gasteiger partial charge is 0.340 e. The zero-order valence-electron chi connectivity index (χ0n) is 11.5. The molecule has 0 bridgehead atoms. The van der Waals surface area contributed by atoms with Crippen LogP contribution >= 0.6 is 0 Å². The SMILES string of the molecule is CN(Cc1nc2ccc(F)cc2[nH]1)c1noc(C2CC2)n1. The molecule has 1 aliphatic carbocycles. The van der Waals surface area contributed by atoms with E-state index in [2.05, 4.69) is 20.1 Å². The number of halogens is 1. The van der Waals surface area contributed by atoms with Gasteiger partial charge in [0.25, 0.3) is 5.95 Å². The van der Waals surface area contributed by atoms with Gasteiger partial charge in [-0.05, 0) is 36.2 Å². The minimum absolute atomic E-state index is 0.279. The lowest BCUT2D eigenvalue weighted by molar-refractivity contribution is 0.378. The molecule has 0 radical (unpaired) electrons. The van der Waals surface area contributed by atoms with E-state index in [1.54, 1.807) is 6.07 Å². The van der Waals surface area contributed by atoms with E-state index in [0.717, 1.165) is 24.2 Å². The average molecular weight is 287 g/mol. The minimum Gasteiger partial charge on any atom is -0.340 e. The number of nitrogens with one attached hydrogen (secondary N) is 1. The maximum atomic E-state index is 13.2. The topological polar surface area (TPSA) is 70.8 Å². The number of fused-ring (bicyclic) bond motifs is 1. The van der Waals surface area contributed by atoms with Gasteiger partial charge in [0, 0.05) is 13.0 Å². The van der Waals surface area contributed by atoms with Crippen molar-refractivity contribution in [3.63, 3.8) is 0 Å². The predicted octanol–water partition coefficient (Wildman–Crippen LogP) is 2.60. The van der Waals surface area contributed by atoms with Gasteiger partial charge in [-0.2, -0.15) is 4.98 Å². The molecule has 2 heterocycles. The molecule has 3 aromatic rings. The van der Waals surface area contributed by atoms with Crippen molar-refractivity contribution in [3.05, 3.63) is 35.7 Å². The van der Waals surface area contributed by atoms with Gasteiger partial charge in [-0.15, -0.1) is 0 Å². The summed E-state index contributed by atoms with van der Waals surface area (Å²) in [5.41, 5.74) is 1.43. The number of hydrogen-bond donors (Lipinski definition) is 1. The number of imidazole rings is 1. The van der Waals surface area contributed by atoms with Crippen LogP contribution in [0.15, 0.2) is 22.7 Å². The van der Waals surface area contributed by atoms with Crippen LogP contribution < -0.4 is 4.90 Å². The highest BCUT2D eigenvalue weighted by molar-refractivity contribution is 5.74. The molecule has 0 saturated heterocycles. The molecule has 0 atom stereocenters. The Labute approximate surface area is 120 Å². The zero-order chi connectivity index (χ0) is 14.4. The Morgan fingerprint density at radius 1 is 1.38 bits per heavy atom. The first kappa shape index (κ1) is 12.3. The van der Waals surface area contributed by atoms with Crippen LogP contribution in [0.25, 0.3) is 11.0 Å². The highest BCUT2D eigenvalue weighted by Gasteiger charge is 2.30. The van der Waals surface area contributed by atoms with E-state index >= 15 is 0 Å². The molecule has 1 fully saturated rings. The second-order valence-corrected chi connectivity index (χ2v) is 5.41. The molecule has 0 unspecified atom stereocenters. The van der Waals surface area contributed by atoms with E-state index in [0.29, 0.717) is 29.8 Å². The molecule has 6 nitrogen and oxygen atoms in total. The fraction of sp³-hybridized carbons (Fsp3) is 0.357. The van der Waals surface area contributed by atoms with Gasteiger partial charge in [0.1, 0.15) is 11.6 Å². The maximum absolute atomic E-state index is 13.2. The Kier molecular flexibility index (Phi) is 2.66. The maximum Gasteiger partial charge on any atom is 0.266 e. The molecule has 1 aromatic carbocycles. The Balaban J connectivity index is 1.54. The summed E-state index contributed by atoms with van der Waals surface area (Å²) in [7, 11) is 1.87. The van der Waals surface area contributed by atoms with Crippen molar-refractivity contribution < 1.29 is 8.91 Å². The van der Waals surface area contributed by atoms with Gasteiger partial charge in [-0.25, -0.2) is 9.37 Å². The lowest BCUT2D eigenvalue weighted by atomic mass is 10.3. The molecule has 7 heteroatoms. The Hall–Kier alpha value is -2.44. The van der Waals surface area contributed by atoms with E-state index in [4.69, 9.17) is 4.52 Å². The number of anilines is 1. The van der Waals surface area contributed by atoms with Crippen LogP contribution in [0.1, 0.15) is 30.5 Å². The van der Waals surface area contributed by atoms with E-state index in [1.807, 2.05) is 11.9 Å². The number of benzene rings is 1. The summed E-state index contributed by atoms with van der Waals surface area (Å²) < 4.78 is 18.4. The van der Waals surface area contributed by atoms with Gasteiger partial charge in [0.15, 0.2) is 0 Å². The summed E-state index contributed by atoms with van der Waals surface area (Å²) in [5, 5.41) is 3.98. The first-order valence-electron chi connectivity index (χ1n) is 6.88. The van der Waals surface area contributed by atoms with Crippen molar-refractivity contribution in [1.29, 1.82) is 0 Å². The number of H-pyrrole nitrogens is 1. The molecule has 1 N–H and O–H groups in total. The Morgan fingerprint density at radius 3 is 3.05 bits per heavy atom. The van der Waals surface area contributed by atoms with E-state index < -0.39 is 0 Å². The van der Waals surface area contributed by atoms with Crippen LogP contribution in [-0.4, -0.2) is 27.2 Å². The van der Waals surface area contributed by atoms with Gasteiger partial charge in [0.05, 0.1) is 17.6 Å². The number of aromatic amines is 1. The van der Waals surface area contributed by atoms with Crippen LogP contribution in [0.2, 0.25) is 0 Å². The summed E-state index contributed by atoms with van der Waals surface area (Å²) in [6.45, 7) is 0.500. The van der Waals surface area contributed by atoms with E-state index in [9.17, 15) is 4.39 Å². The third-order valence-corrected chi connectivity index (χ3v) is 3.58. The molecular weight excluding hydrogens is 273 g/mol. The van der Waals surface area contributed by atoms with Gasteiger partial charge in [-0.3, -0.25) is 0 Å². The summed E-state index contributed by atoms with van der Waals surface area (Å²) in [5.74, 6) is 2.15. The fourth-order valence-corrected chi connectivity index (χ4v) is 2.28. The second kappa shape index (κ2) is 4.54. The Bertz CT molecular complexity index is 792. The smallest absolute Gasteiger partial charge is 0.266 e. The van der Waals surface area contributed by atoms with Gasteiger partial charge < -0.3 is 14.4 Å². The van der Waals surface area contributed by atoms with Crippen LogP contribution in [0.3, 0.4) is 0 Å². The van der Waals surface area contributed by atoms with Crippen LogP contribution in [0, 0.1) is 5.82 Å². The molecule has 0 amide bonds. The first-order chi connectivity index (χ1) is 10.2. The zero-order valence-corrected chi connectivity index (χ0v) is 11.5. The monoisotopic (exact) mass is 287 g/mol. The summed E-state index contributed by atoms with van der Waals surface area (Å²) in [6, 6.07) is 4.49. The molecule has 1 aliphatic rings. The van der Waals surface area contributed by atoms with Gasteiger partial charge in [-0.1, -0.05) is 0 Å². The molecule has 4 rings (SSSR count). The molecule has 2 aromatic heterocycles. The lowest BCUT2D eigenvalue weighted by Gasteiger charge is -2.11. The third-order valence-electron chi connectivity index (χ3n) is 3.58.